The van der Waals surface area contributed by atoms with Gasteiger partial charge in [0.05, 0.1) is 0 Å². The molecule has 1 amide bonds. The maximum atomic E-state index is 12.1. The normalized spacial score (nSPS) is 10.1. The van der Waals surface area contributed by atoms with E-state index < -0.39 is 0 Å². The van der Waals surface area contributed by atoms with Crippen LogP contribution in [-0.2, 0) is 0 Å². The van der Waals surface area contributed by atoms with Crippen molar-refractivity contribution in [2.24, 2.45) is 0 Å². The van der Waals surface area contributed by atoms with Gasteiger partial charge in [-0.1, -0.05) is 17.7 Å². The highest BCUT2D eigenvalue weighted by atomic mass is 16.1. The van der Waals surface area contributed by atoms with Crippen LogP contribution in [-0.4, -0.2) is 25.0 Å². The number of aryl methyl sites for hydroxylation is 1. The highest BCUT2D eigenvalue weighted by Crippen LogP contribution is 2.13. The largest absolute Gasteiger partial charge is 0.363 e. The standard InChI is InChI=1S/C15H17N3O/c1-11-4-6-13(7-5-11)17-15(19)12-8-9-16-14(10-12)18(2)3/h4-10H,1-3H3,(H,17,19). The summed E-state index contributed by atoms with van der Waals surface area (Å²) >= 11 is 0. The number of nitrogens with one attached hydrogen (secondary N) is 1. The van der Waals surface area contributed by atoms with E-state index in [0.29, 0.717) is 5.56 Å². The summed E-state index contributed by atoms with van der Waals surface area (Å²) in [7, 11) is 3.79. The molecule has 1 heterocycles. The first-order valence-electron chi connectivity index (χ1n) is 6.07. The number of pyridine rings is 1. The van der Waals surface area contributed by atoms with Gasteiger partial charge in [-0.05, 0) is 31.2 Å². The van der Waals surface area contributed by atoms with Gasteiger partial charge < -0.3 is 10.2 Å². The molecule has 0 aliphatic heterocycles. The third-order valence-electron chi connectivity index (χ3n) is 2.78. The van der Waals surface area contributed by atoms with E-state index in [0.717, 1.165) is 17.1 Å². The molecule has 4 nitrogen and oxygen atoms in total. The summed E-state index contributed by atoms with van der Waals surface area (Å²) in [5, 5.41) is 2.87. The molecule has 0 saturated carbocycles. The summed E-state index contributed by atoms with van der Waals surface area (Å²) < 4.78 is 0. The minimum atomic E-state index is -0.130. The Balaban J connectivity index is 2.15. The molecule has 0 fully saturated rings. The van der Waals surface area contributed by atoms with E-state index >= 15 is 0 Å². The van der Waals surface area contributed by atoms with Gasteiger partial charge in [0.2, 0.25) is 0 Å². The van der Waals surface area contributed by atoms with Crippen molar-refractivity contribution in [2.45, 2.75) is 6.92 Å². The molecule has 0 aliphatic rings. The van der Waals surface area contributed by atoms with Gasteiger partial charge >= 0.3 is 0 Å². The van der Waals surface area contributed by atoms with Crippen molar-refractivity contribution < 1.29 is 4.79 Å². The molecule has 19 heavy (non-hydrogen) atoms. The number of benzene rings is 1. The zero-order valence-electron chi connectivity index (χ0n) is 11.3. The average Bonchev–Trinajstić information content (AvgIpc) is 2.41. The number of amides is 1. The summed E-state index contributed by atoms with van der Waals surface area (Å²) in [4.78, 5) is 18.2. The zero-order valence-corrected chi connectivity index (χ0v) is 11.3. The summed E-state index contributed by atoms with van der Waals surface area (Å²) in [6.07, 6.45) is 1.64. The van der Waals surface area contributed by atoms with Crippen molar-refractivity contribution in [3.63, 3.8) is 0 Å². The molecule has 1 N–H and O–H groups in total. The minimum absolute atomic E-state index is 0.130. The number of nitrogens with zero attached hydrogens (tertiary/aromatic N) is 2. The SMILES string of the molecule is Cc1ccc(NC(=O)c2ccnc(N(C)C)c2)cc1. The molecular formula is C15H17N3O. The predicted octanol–water partition coefficient (Wildman–Crippen LogP) is 2.71. The monoisotopic (exact) mass is 255 g/mol. The number of rotatable bonds is 3. The molecule has 2 aromatic rings. The molecule has 0 atom stereocenters. The van der Waals surface area contributed by atoms with Gasteiger partial charge in [0.15, 0.2) is 0 Å². The summed E-state index contributed by atoms with van der Waals surface area (Å²) in [6, 6.07) is 11.2. The van der Waals surface area contributed by atoms with Crippen molar-refractivity contribution in [1.82, 2.24) is 4.98 Å². The van der Waals surface area contributed by atoms with E-state index in [9.17, 15) is 4.79 Å². The first kappa shape index (κ1) is 13.1. The minimum Gasteiger partial charge on any atom is -0.363 e. The fraction of sp³-hybridized carbons (Fsp3) is 0.200. The molecular weight excluding hydrogens is 238 g/mol. The molecule has 98 valence electrons. The lowest BCUT2D eigenvalue weighted by Gasteiger charge is -2.12. The molecule has 2 rings (SSSR count). The average molecular weight is 255 g/mol. The Labute approximate surface area is 113 Å². The second kappa shape index (κ2) is 5.52. The van der Waals surface area contributed by atoms with Gasteiger partial charge in [-0.15, -0.1) is 0 Å². The van der Waals surface area contributed by atoms with E-state index in [1.54, 1.807) is 18.3 Å². The number of hydrogen-bond donors (Lipinski definition) is 1. The number of aromatic nitrogens is 1. The molecule has 1 aromatic heterocycles. The van der Waals surface area contributed by atoms with E-state index in [1.807, 2.05) is 50.2 Å². The number of carbonyl (C=O) groups is 1. The van der Waals surface area contributed by atoms with Crippen LogP contribution < -0.4 is 10.2 Å². The Bertz CT molecular complexity index is 576. The van der Waals surface area contributed by atoms with Crippen molar-refractivity contribution in [1.29, 1.82) is 0 Å². The van der Waals surface area contributed by atoms with Gasteiger partial charge in [0, 0.05) is 31.5 Å². The fourth-order valence-corrected chi connectivity index (χ4v) is 1.64. The van der Waals surface area contributed by atoms with Crippen LogP contribution in [0.4, 0.5) is 11.5 Å². The Morgan fingerprint density at radius 3 is 2.47 bits per heavy atom. The van der Waals surface area contributed by atoms with Crippen LogP contribution in [0, 0.1) is 6.92 Å². The van der Waals surface area contributed by atoms with Gasteiger partial charge in [0.1, 0.15) is 5.82 Å². The van der Waals surface area contributed by atoms with E-state index in [2.05, 4.69) is 10.3 Å². The highest BCUT2D eigenvalue weighted by Gasteiger charge is 2.08. The van der Waals surface area contributed by atoms with Gasteiger partial charge in [0.25, 0.3) is 5.91 Å². The molecule has 0 bridgehead atoms. The lowest BCUT2D eigenvalue weighted by atomic mass is 10.2. The maximum Gasteiger partial charge on any atom is 0.255 e. The quantitative estimate of drug-likeness (QED) is 0.917. The smallest absolute Gasteiger partial charge is 0.255 e. The first-order chi connectivity index (χ1) is 9.06. The first-order valence-corrected chi connectivity index (χ1v) is 6.07. The Kier molecular flexibility index (Phi) is 3.80. The molecule has 0 radical (unpaired) electrons. The van der Waals surface area contributed by atoms with Gasteiger partial charge in [-0.3, -0.25) is 4.79 Å². The second-order valence-electron chi connectivity index (χ2n) is 4.62. The zero-order chi connectivity index (χ0) is 13.8. The fourth-order valence-electron chi connectivity index (χ4n) is 1.64. The van der Waals surface area contributed by atoms with Crippen LogP contribution in [0.25, 0.3) is 0 Å². The van der Waals surface area contributed by atoms with Gasteiger partial charge in [-0.25, -0.2) is 4.98 Å². The van der Waals surface area contributed by atoms with Crippen LogP contribution >= 0.6 is 0 Å². The van der Waals surface area contributed by atoms with Gasteiger partial charge in [-0.2, -0.15) is 0 Å². The van der Waals surface area contributed by atoms with Crippen LogP contribution in [0.3, 0.4) is 0 Å². The maximum absolute atomic E-state index is 12.1. The lowest BCUT2D eigenvalue weighted by Crippen LogP contribution is -2.15. The third kappa shape index (κ3) is 3.31. The second-order valence-corrected chi connectivity index (χ2v) is 4.62. The molecule has 1 aromatic carbocycles. The van der Waals surface area contributed by atoms with E-state index in [4.69, 9.17) is 0 Å². The van der Waals surface area contributed by atoms with E-state index in [1.165, 1.54) is 0 Å². The molecule has 4 heteroatoms. The van der Waals surface area contributed by atoms with E-state index in [-0.39, 0.29) is 5.91 Å². The molecule has 0 unspecified atom stereocenters. The van der Waals surface area contributed by atoms with Crippen LogP contribution in [0.15, 0.2) is 42.6 Å². The molecule has 0 saturated heterocycles. The Morgan fingerprint density at radius 2 is 1.84 bits per heavy atom. The molecule has 0 spiro atoms. The third-order valence-corrected chi connectivity index (χ3v) is 2.78. The van der Waals surface area contributed by atoms with Crippen LogP contribution in [0.2, 0.25) is 0 Å². The van der Waals surface area contributed by atoms with Crippen molar-refractivity contribution in [3.05, 3.63) is 53.7 Å². The molecule has 0 aliphatic carbocycles. The number of anilines is 2. The Hall–Kier alpha value is -2.36. The lowest BCUT2D eigenvalue weighted by molar-refractivity contribution is 0.102. The summed E-state index contributed by atoms with van der Waals surface area (Å²) in [5.74, 6) is 0.630. The van der Waals surface area contributed by atoms with Crippen LogP contribution in [0.5, 0.6) is 0 Å². The van der Waals surface area contributed by atoms with Crippen molar-refractivity contribution in [2.75, 3.05) is 24.3 Å². The Morgan fingerprint density at radius 1 is 1.16 bits per heavy atom. The number of carbonyl (C=O) groups excluding carboxylic acids is 1. The summed E-state index contributed by atoms with van der Waals surface area (Å²) in [6.45, 7) is 2.01. The predicted molar refractivity (Wildman–Crippen MR) is 77.7 cm³/mol. The van der Waals surface area contributed by atoms with Crippen molar-refractivity contribution in [3.8, 4) is 0 Å². The van der Waals surface area contributed by atoms with Crippen molar-refractivity contribution >= 4 is 17.4 Å². The number of hydrogen-bond acceptors (Lipinski definition) is 3. The highest BCUT2D eigenvalue weighted by molar-refractivity contribution is 6.04. The van der Waals surface area contributed by atoms with Crippen LogP contribution in [0.1, 0.15) is 15.9 Å². The summed E-state index contributed by atoms with van der Waals surface area (Å²) in [5.41, 5.74) is 2.55. The topological polar surface area (TPSA) is 45.2 Å².